The van der Waals surface area contributed by atoms with Crippen molar-refractivity contribution in [3.8, 4) is 22.5 Å². The Balaban J connectivity index is 1.42. The van der Waals surface area contributed by atoms with Gasteiger partial charge in [0.15, 0.2) is 0 Å². The number of hydrogen-bond acceptors (Lipinski definition) is 4. The minimum atomic E-state index is -0.106. The van der Waals surface area contributed by atoms with Crippen molar-refractivity contribution in [3.63, 3.8) is 0 Å². The number of hydrogen-bond donors (Lipinski definition) is 1. The SMILES string of the molecule is O=C(NCc1cncc(-c2ccco2)c1)c1ccc(-c2ccsc2)cc1. The number of amides is 1. The third-order valence-corrected chi connectivity index (χ3v) is 4.74. The number of pyridine rings is 1. The molecule has 0 atom stereocenters. The van der Waals surface area contributed by atoms with Gasteiger partial charge in [0.2, 0.25) is 0 Å². The predicted molar refractivity (Wildman–Crippen MR) is 103 cm³/mol. The van der Waals surface area contributed by atoms with Crippen LogP contribution in [0.1, 0.15) is 15.9 Å². The van der Waals surface area contributed by atoms with E-state index in [0.29, 0.717) is 12.1 Å². The number of nitrogens with one attached hydrogen (secondary N) is 1. The Morgan fingerprint density at radius 2 is 1.92 bits per heavy atom. The third kappa shape index (κ3) is 3.58. The molecule has 3 heterocycles. The fourth-order valence-electron chi connectivity index (χ4n) is 2.69. The Labute approximate surface area is 155 Å². The lowest BCUT2D eigenvalue weighted by Crippen LogP contribution is -2.22. The van der Waals surface area contributed by atoms with Crippen LogP contribution >= 0.6 is 11.3 Å². The van der Waals surface area contributed by atoms with Crippen LogP contribution in [0.5, 0.6) is 0 Å². The fraction of sp³-hybridized carbons (Fsp3) is 0.0476. The monoisotopic (exact) mass is 360 g/mol. The van der Waals surface area contributed by atoms with Gasteiger partial charge in [-0.05, 0) is 63.8 Å². The summed E-state index contributed by atoms with van der Waals surface area (Å²) in [6.07, 6.45) is 5.11. The maximum Gasteiger partial charge on any atom is 0.251 e. The van der Waals surface area contributed by atoms with Gasteiger partial charge in [-0.2, -0.15) is 11.3 Å². The molecule has 3 aromatic heterocycles. The zero-order valence-corrected chi connectivity index (χ0v) is 14.7. The molecule has 0 saturated carbocycles. The van der Waals surface area contributed by atoms with Crippen molar-refractivity contribution in [3.05, 3.63) is 89.1 Å². The average Bonchev–Trinajstić information content (AvgIpc) is 3.40. The van der Waals surface area contributed by atoms with Gasteiger partial charge in [0, 0.05) is 30.1 Å². The number of thiophene rings is 1. The number of carbonyl (C=O) groups is 1. The van der Waals surface area contributed by atoms with Crippen molar-refractivity contribution in [2.24, 2.45) is 0 Å². The van der Waals surface area contributed by atoms with Gasteiger partial charge < -0.3 is 9.73 Å². The summed E-state index contributed by atoms with van der Waals surface area (Å²) in [6, 6.07) is 15.4. The molecule has 26 heavy (non-hydrogen) atoms. The van der Waals surface area contributed by atoms with Gasteiger partial charge in [-0.1, -0.05) is 12.1 Å². The molecule has 5 heteroatoms. The lowest BCUT2D eigenvalue weighted by Gasteiger charge is -2.07. The molecule has 0 unspecified atom stereocenters. The minimum absolute atomic E-state index is 0.106. The van der Waals surface area contributed by atoms with Crippen molar-refractivity contribution in [2.75, 3.05) is 0 Å². The third-order valence-electron chi connectivity index (χ3n) is 4.06. The van der Waals surface area contributed by atoms with E-state index in [4.69, 9.17) is 4.42 Å². The van der Waals surface area contributed by atoms with Crippen LogP contribution in [0.3, 0.4) is 0 Å². The molecule has 0 spiro atoms. The van der Waals surface area contributed by atoms with Crippen LogP contribution in [0.2, 0.25) is 0 Å². The molecule has 0 aliphatic rings. The van der Waals surface area contributed by atoms with Crippen LogP contribution in [-0.4, -0.2) is 10.9 Å². The summed E-state index contributed by atoms with van der Waals surface area (Å²) >= 11 is 1.66. The zero-order valence-electron chi connectivity index (χ0n) is 13.9. The number of furan rings is 1. The van der Waals surface area contributed by atoms with E-state index >= 15 is 0 Å². The maximum atomic E-state index is 12.4. The lowest BCUT2D eigenvalue weighted by atomic mass is 10.1. The van der Waals surface area contributed by atoms with Gasteiger partial charge >= 0.3 is 0 Å². The summed E-state index contributed by atoms with van der Waals surface area (Å²) in [5.41, 5.74) is 4.73. The van der Waals surface area contributed by atoms with E-state index in [9.17, 15) is 4.79 Å². The second-order valence-corrected chi connectivity index (χ2v) is 6.61. The summed E-state index contributed by atoms with van der Waals surface area (Å²) < 4.78 is 5.38. The molecule has 1 aromatic carbocycles. The van der Waals surface area contributed by atoms with Gasteiger partial charge in [-0.15, -0.1) is 0 Å². The Hall–Kier alpha value is -3.18. The van der Waals surface area contributed by atoms with E-state index in [1.165, 1.54) is 5.56 Å². The highest BCUT2D eigenvalue weighted by atomic mass is 32.1. The first-order chi connectivity index (χ1) is 12.8. The Bertz CT molecular complexity index is 991. The van der Waals surface area contributed by atoms with Crippen molar-refractivity contribution in [2.45, 2.75) is 6.54 Å². The molecule has 0 bridgehead atoms. The summed E-state index contributed by atoms with van der Waals surface area (Å²) in [4.78, 5) is 16.6. The van der Waals surface area contributed by atoms with Crippen molar-refractivity contribution < 1.29 is 9.21 Å². The molecule has 1 N–H and O–H groups in total. The fourth-order valence-corrected chi connectivity index (χ4v) is 3.35. The van der Waals surface area contributed by atoms with Crippen LogP contribution < -0.4 is 5.32 Å². The molecule has 0 aliphatic carbocycles. The zero-order chi connectivity index (χ0) is 17.8. The summed E-state index contributed by atoms with van der Waals surface area (Å²) in [7, 11) is 0. The molecule has 0 radical (unpaired) electrons. The summed E-state index contributed by atoms with van der Waals surface area (Å²) in [5, 5.41) is 7.07. The highest BCUT2D eigenvalue weighted by molar-refractivity contribution is 7.08. The Morgan fingerprint density at radius 1 is 1.04 bits per heavy atom. The van der Waals surface area contributed by atoms with Crippen LogP contribution in [-0.2, 0) is 6.54 Å². The van der Waals surface area contributed by atoms with E-state index in [1.807, 2.05) is 47.8 Å². The molecule has 0 fully saturated rings. The van der Waals surface area contributed by atoms with Crippen molar-refractivity contribution in [1.82, 2.24) is 10.3 Å². The van der Waals surface area contributed by atoms with Crippen molar-refractivity contribution >= 4 is 17.2 Å². The first-order valence-corrected chi connectivity index (χ1v) is 9.12. The summed E-state index contributed by atoms with van der Waals surface area (Å²) in [5.74, 6) is 0.653. The molecule has 1 amide bonds. The topological polar surface area (TPSA) is 55.1 Å². The predicted octanol–water partition coefficient (Wildman–Crippen LogP) is 5.00. The number of nitrogens with zero attached hydrogens (tertiary/aromatic N) is 1. The highest BCUT2D eigenvalue weighted by Gasteiger charge is 2.08. The van der Waals surface area contributed by atoms with Crippen LogP contribution in [0.15, 0.2) is 82.4 Å². The second-order valence-electron chi connectivity index (χ2n) is 5.83. The maximum absolute atomic E-state index is 12.4. The normalized spacial score (nSPS) is 10.6. The second kappa shape index (κ2) is 7.37. The van der Waals surface area contributed by atoms with Crippen LogP contribution in [0, 0.1) is 0 Å². The molecule has 0 aliphatic heterocycles. The molecular formula is C21H16N2O2S. The van der Waals surface area contributed by atoms with Crippen LogP contribution in [0.4, 0.5) is 0 Å². The quantitative estimate of drug-likeness (QED) is 0.545. The van der Waals surface area contributed by atoms with E-state index in [0.717, 1.165) is 22.5 Å². The lowest BCUT2D eigenvalue weighted by molar-refractivity contribution is 0.0951. The van der Waals surface area contributed by atoms with Crippen LogP contribution in [0.25, 0.3) is 22.5 Å². The smallest absolute Gasteiger partial charge is 0.251 e. The van der Waals surface area contributed by atoms with Crippen molar-refractivity contribution in [1.29, 1.82) is 0 Å². The highest BCUT2D eigenvalue weighted by Crippen LogP contribution is 2.22. The molecule has 0 saturated heterocycles. The molecule has 4 aromatic rings. The van der Waals surface area contributed by atoms with Gasteiger partial charge in [-0.3, -0.25) is 9.78 Å². The van der Waals surface area contributed by atoms with Gasteiger partial charge in [-0.25, -0.2) is 0 Å². The number of aromatic nitrogens is 1. The minimum Gasteiger partial charge on any atom is -0.464 e. The number of benzene rings is 1. The first kappa shape index (κ1) is 16.3. The standard InChI is InChI=1S/C21H16N2O2S/c24-21(17-5-3-16(4-6-17)18-7-9-26-14-18)23-12-15-10-19(13-22-11-15)20-2-1-8-25-20/h1-11,13-14H,12H2,(H,23,24). The summed E-state index contributed by atoms with van der Waals surface area (Å²) in [6.45, 7) is 0.409. The molecule has 4 nitrogen and oxygen atoms in total. The van der Waals surface area contributed by atoms with E-state index in [1.54, 1.807) is 30.0 Å². The Morgan fingerprint density at radius 3 is 2.65 bits per heavy atom. The van der Waals surface area contributed by atoms with E-state index < -0.39 is 0 Å². The molecule has 128 valence electrons. The average molecular weight is 360 g/mol. The molecular weight excluding hydrogens is 344 g/mol. The number of carbonyl (C=O) groups excluding carboxylic acids is 1. The van der Waals surface area contributed by atoms with E-state index in [2.05, 4.69) is 21.7 Å². The largest absolute Gasteiger partial charge is 0.464 e. The van der Waals surface area contributed by atoms with Gasteiger partial charge in [0.25, 0.3) is 5.91 Å². The van der Waals surface area contributed by atoms with Gasteiger partial charge in [0.05, 0.1) is 6.26 Å². The first-order valence-electron chi connectivity index (χ1n) is 8.18. The number of rotatable bonds is 5. The van der Waals surface area contributed by atoms with E-state index in [-0.39, 0.29) is 5.91 Å². The van der Waals surface area contributed by atoms with Gasteiger partial charge in [0.1, 0.15) is 5.76 Å². The Kier molecular flexibility index (Phi) is 4.62. The molecule has 4 rings (SSSR count).